The maximum Gasteiger partial charge on any atom is 0.256 e. The lowest BCUT2D eigenvalue weighted by Crippen LogP contribution is -2.32. The van der Waals surface area contributed by atoms with E-state index in [2.05, 4.69) is 15.8 Å². The Morgan fingerprint density at radius 2 is 2.62 bits per heavy atom. The molecule has 44 valence electrons. The molecule has 0 aromatic carbocycles. The minimum Gasteiger partial charge on any atom is -0.272 e. The predicted octanol–water partition coefficient (Wildman–Crippen LogP) is -0.322. The quantitative estimate of drug-likeness (QED) is 0.469. The monoisotopic (exact) mass is 114 g/mol. The van der Waals surface area contributed by atoms with Gasteiger partial charge in [0, 0.05) is 6.92 Å². The second-order valence-corrected chi connectivity index (χ2v) is 1.38. The molecule has 0 fully saturated rings. The van der Waals surface area contributed by atoms with Gasteiger partial charge in [0.25, 0.3) is 5.91 Å². The minimum atomic E-state index is -0.147. The van der Waals surface area contributed by atoms with Crippen molar-refractivity contribution in [2.75, 3.05) is 6.67 Å². The lowest BCUT2D eigenvalue weighted by molar-refractivity contribution is -0.131. The van der Waals surface area contributed by atoms with Gasteiger partial charge in [-0.25, -0.2) is 0 Å². The van der Waals surface area contributed by atoms with E-state index in [4.69, 9.17) is 0 Å². The van der Waals surface area contributed by atoms with Crippen LogP contribution in [0.15, 0.2) is 10.3 Å². The average molecular weight is 114 g/mol. The van der Waals surface area contributed by atoms with E-state index in [0.717, 1.165) is 5.12 Å². The zero-order valence-corrected chi connectivity index (χ0v) is 4.46. The van der Waals surface area contributed by atoms with Crippen LogP contribution in [0.3, 0.4) is 0 Å². The van der Waals surface area contributed by atoms with Crippen molar-refractivity contribution in [2.45, 2.75) is 6.92 Å². The van der Waals surface area contributed by atoms with E-state index in [9.17, 15) is 4.79 Å². The Hall–Kier alpha value is -0.970. The van der Waals surface area contributed by atoms with Crippen LogP contribution in [-0.2, 0) is 4.79 Å². The molecule has 0 bridgehead atoms. The molecule has 0 aromatic heterocycles. The minimum absolute atomic E-state index is 0.147. The van der Waals surface area contributed by atoms with E-state index in [1.807, 2.05) is 0 Å². The number of hydrogen-bond donors (Lipinski definition) is 1. The van der Waals surface area contributed by atoms with Crippen molar-refractivity contribution in [1.82, 2.24) is 10.5 Å². The van der Waals surface area contributed by atoms with E-state index in [-0.39, 0.29) is 5.91 Å². The first kappa shape index (κ1) is 5.17. The molecule has 1 amide bonds. The van der Waals surface area contributed by atoms with Gasteiger partial charge < -0.3 is 0 Å². The molecule has 0 atom stereocenters. The molecule has 5 nitrogen and oxygen atoms in total. The molecule has 0 saturated heterocycles. The summed E-state index contributed by atoms with van der Waals surface area (Å²) in [5.41, 5.74) is 2.61. The van der Waals surface area contributed by atoms with E-state index < -0.39 is 0 Å². The summed E-state index contributed by atoms with van der Waals surface area (Å²) < 4.78 is 0. The van der Waals surface area contributed by atoms with Crippen molar-refractivity contribution in [1.29, 1.82) is 0 Å². The zero-order chi connectivity index (χ0) is 5.98. The molecule has 1 aliphatic rings. The van der Waals surface area contributed by atoms with Gasteiger partial charge in [-0.15, -0.1) is 5.12 Å². The van der Waals surface area contributed by atoms with Crippen molar-refractivity contribution in [3.63, 3.8) is 0 Å². The first-order valence-electron chi connectivity index (χ1n) is 2.22. The Balaban J connectivity index is 2.48. The summed E-state index contributed by atoms with van der Waals surface area (Å²) in [6.07, 6.45) is 0. The second-order valence-electron chi connectivity index (χ2n) is 1.38. The highest BCUT2D eigenvalue weighted by molar-refractivity contribution is 5.72. The highest BCUT2D eigenvalue weighted by Gasteiger charge is 2.08. The van der Waals surface area contributed by atoms with Crippen molar-refractivity contribution >= 4 is 5.91 Å². The highest BCUT2D eigenvalue weighted by Crippen LogP contribution is 1.91. The molecule has 0 unspecified atom stereocenters. The SMILES string of the molecule is CC(=O)N1N=NCN1. The van der Waals surface area contributed by atoms with Gasteiger partial charge in [0.05, 0.1) is 0 Å². The maximum atomic E-state index is 10.4. The van der Waals surface area contributed by atoms with Crippen molar-refractivity contribution in [3.05, 3.63) is 0 Å². The van der Waals surface area contributed by atoms with Crippen LogP contribution in [0, 0.1) is 0 Å². The van der Waals surface area contributed by atoms with Crippen molar-refractivity contribution in [3.8, 4) is 0 Å². The lowest BCUT2D eigenvalue weighted by Gasteiger charge is -2.03. The lowest BCUT2D eigenvalue weighted by atomic mass is 10.7. The number of nitrogens with zero attached hydrogens (tertiary/aromatic N) is 3. The number of hydrogen-bond acceptors (Lipinski definition) is 4. The van der Waals surface area contributed by atoms with Gasteiger partial charge in [0.1, 0.15) is 6.67 Å². The van der Waals surface area contributed by atoms with Gasteiger partial charge in [0.15, 0.2) is 0 Å². The molecule has 5 heteroatoms. The van der Waals surface area contributed by atoms with Crippen molar-refractivity contribution < 1.29 is 4.79 Å². The fourth-order valence-electron chi connectivity index (χ4n) is 0.399. The van der Waals surface area contributed by atoms with Gasteiger partial charge in [0.2, 0.25) is 0 Å². The molecule has 0 saturated carbocycles. The molecule has 8 heavy (non-hydrogen) atoms. The van der Waals surface area contributed by atoms with Crippen LogP contribution in [0.4, 0.5) is 0 Å². The van der Waals surface area contributed by atoms with E-state index in [1.54, 1.807) is 0 Å². The molecule has 0 spiro atoms. The number of hydrazine groups is 1. The van der Waals surface area contributed by atoms with Crippen LogP contribution in [0.1, 0.15) is 6.92 Å². The van der Waals surface area contributed by atoms with Gasteiger partial charge in [-0.3, -0.25) is 4.79 Å². The van der Waals surface area contributed by atoms with Gasteiger partial charge in [-0.05, 0) is 0 Å². The molecule has 0 aromatic rings. The number of carbonyl (C=O) groups is 1. The topological polar surface area (TPSA) is 57.1 Å². The largest absolute Gasteiger partial charge is 0.272 e. The second kappa shape index (κ2) is 1.87. The summed E-state index contributed by atoms with van der Waals surface area (Å²) >= 11 is 0. The molecule has 1 aliphatic heterocycles. The first-order valence-corrected chi connectivity index (χ1v) is 2.22. The van der Waals surface area contributed by atoms with E-state index in [1.165, 1.54) is 6.92 Å². The third-order valence-corrected chi connectivity index (χ3v) is 0.742. The van der Waals surface area contributed by atoms with E-state index in [0.29, 0.717) is 6.67 Å². The zero-order valence-electron chi connectivity index (χ0n) is 4.46. The molecular weight excluding hydrogens is 108 g/mol. The van der Waals surface area contributed by atoms with Gasteiger partial charge >= 0.3 is 0 Å². The predicted molar refractivity (Wildman–Crippen MR) is 25.4 cm³/mol. The number of amides is 1. The highest BCUT2D eigenvalue weighted by atomic mass is 16.2. The summed E-state index contributed by atoms with van der Waals surface area (Å²) in [6.45, 7) is 1.82. The van der Waals surface area contributed by atoms with Gasteiger partial charge in [-0.1, -0.05) is 5.22 Å². The van der Waals surface area contributed by atoms with Crippen LogP contribution in [0.5, 0.6) is 0 Å². The summed E-state index contributed by atoms with van der Waals surface area (Å²) in [6, 6.07) is 0. The number of nitrogens with one attached hydrogen (secondary N) is 1. The average Bonchev–Trinajstić information content (AvgIpc) is 2.12. The maximum absolute atomic E-state index is 10.4. The fraction of sp³-hybridized carbons (Fsp3) is 0.667. The normalized spacial score (nSPS) is 17.4. The Morgan fingerprint density at radius 1 is 1.88 bits per heavy atom. The van der Waals surface area contributed by atoms with Crippen LogP contribution in [0.25, 0.3) is 0 Å². The fourth-order valence-corrected chi connectivity index (χ4v) is 0.399. The summed E-state index contributed by atoms with van der Waals surface area (Å²) in [7, 11) is 0. The standard InChI is InChI=1S/C3H6N4O/c1-3(8)7-5-2-4-6-7/h5H,2H2,1H3. The third kappa shape index (κ3) is 0.812. The first-order chi connectivity index (χ1) is 3.80. The molecule has 0 aliphatic carbocycles. The Kier molecular flexibility index (Phi) is 1.21. The van der Waals surface area contributed by atoms with Crippen LogP contribution >= 0.6 is 0 Å². The van der Waals surface area contributed by atoms with Crippen LogP contribution < -0.4 is 5.43 Å². The van der Waals surface area contributed by atoms with Crippen molar-refractivity contribution in [2.24, 2.45) is 10.3 Å². The Bertz CT molecular complexity index is 131. The Labute approximate surface area is 46.3 Å². The third-order valence-electron chi connectivity index (χ3n) is 0.742. The summed E-state index contributed by atoms with van der Waals surface area (Å²) in [5, 5.41) is 8.04. The molecule has 1 N–H and O–H groups in total. The summed E-state index contributed by atoms with van der Waals surface area (Å²) in [4.78, 5) is 10.4. The Morgan fingerprint density at radius 3 is 2.88 bits per heavy atom. The number of carbonyl (C=O) groups excluding carboxylic acids is 1. The summed E-state index contributed by atoms with van der Waals surface area (Å²) in [5.74, 6) is -0.147. The van der Waals surface area contributed by atoms with E-state index >= 15 is 0 Å². The molecule has 1 rings (SSSR count). The molecular formula is C3H6N4O. The number of rotatable bonds is 0. The van der Waals surface area contributed by atoms with Gasteiger partial charge in [-0.2, -0.15) is 10.5 Å². The smallest absolute Gasteiger partial charge is 0.256 e. The van der Waals surface area contributed by atoms with Crippen LogP contribution in [0.2, 0.25) is 0 Å². The molecule has 1 heterocycles. The van der Waals surface area contributed by atoms with Crippen LogP contribution in [-0.4, -0.2) is 17.7 Å². The molecule has 0 radical (unpaired) electrons.